The summed E-state index contributed by atoms with van der Waals surface area (Å²) in [6.07, 6.45) is 13.7. The van der Waals surface area contributed by atoms with Crippen molar-refractivity contribution < 1.29 is 24.2 Å². The first kappa shape index (κ1) is 25.8. The zero-order chi connectivity index (χ0) is 22.5. The number of aliphatic hydroxyl groups is 1. The van der Waals surface area contributed by atoms with Gasteiger partial charge in [0.15, 0.2) is 0 Å². The number of hydrogen-bond donors (Lipinski definition) is 1. The molecule has 1 aliphatic rings. The molecule has 0 radical (unpaired) electrons. The quantitative estimate of drug-likeness (QED) is 0.148. The summed E-state index contributed by atoms with van der Waals surface area (Å²) in [5.74, 6) is -2.13. The minimum absolute atomic E-state index is 0.102. The Morgan fingerprint density at radius 1 is 0.967 bits per heavy atom. The van der Waals surface area contributed by atoms with Gasteiger partial charge in [0.05, 0.1) is 18.4 Å². The Bertz CT molecular complexity index is 720. The van der Waals surface area contributed by atoms with Crippen LogP contribution in [0.4, 0.5) is 0 Å². The molecule has 1 rings (SSSR count). The van der Waals surface area contributed by atoms with Gasteiger partial charge in [0.2, 0.25) is 0 Å². The number of carbonyl (C=O) groups is 3. The average molecular weight is 417 g/mol. The van der Waals surface area contributed by atoms with Crippen LogP contribution in [0.15, 0.2) is 46.6 Å². The fourth-order valence-electron chi connectivity index (χ4n) is 3.26. The number of allylic oxidation sites excluding steroid dienone is 7. The summed E-state index contributed by atoms with van der Waals surface area (Å²) < 4.78 is 4.45. The summed E-state index contributed by atoms with van der Waals surface area (Å²) in [7, 11) is 0. The number of cyclic esters (lactones) is 2. The topological polar surface area (TPSA) is 80.7 Å². The molecule has 0 saturated carbocycles. The van der Waals surface area contributed by atoms with Gasteiger partial charge in [0.25, 0.3) is 0 Å². The van der Waals surface area contributed by atoms with E-state index in [0.29, 0.717) is 12.0 Å². The van der Waals surface area contributed by atoms with E-state index in [1.165, 1.54) is 16.7 Å². The molecule has 0 aliphatic carbocycles. The maximum Gasteiger partial charge on any atom is 0.319 e. The second kappa shape index (κ2) is 13.9. The summed E-state index contributed by atoms with van der Waals surface area (Å²) in [6, 6.07) is 0. The molecule has 0 aromatic heterocycles. The zero-order valence-electron chi connectivity index (χ0n) is 18.8. The van der Waals surface area contributed by atoms with Crippen molar-refractivity contribution in [3.05, 3.63) is 46.6 Å². The third kappa shape index (κ3) is 10.5. The number of hydrogen-bond acceptors (Lipinski definition) is 5. The van der Waals surface area contributed by atoms with Gasteiger partial charge in [-0.1, -0.05) is 41.0 Å². The summed E-state index contributed by atoms with van der Waals surface area (Å²) in [4.78, 5) is 33.9. The van der Waals surface area contributed by atoms with Crippen LogP contribution in [0.25, 0.3) is 0 Å². The van der Waals surface area contributed by atoms with E-state index >= 15 is 0 Å². The largest absolute Gasteiger partial charge is 0.393 e. The second-order valence-electron chi connectivity index (χ2n) is 8.30. The average Bonchev–Trinajstić information content (AvgIpc) is 3.02. The molecule has 5 heteroatoms. The van der Waals surface area contributed by atoms with Gasteiger partial charge in [-0.05, 0) is 78.2 Å². The van der Waals surface area contributed by atoms with E-state index in [-0.39, 0.29) is 12.8 Å². The van der Waals surface area contributed by atoms with Crippen molar-refractivity contribution in [1.82, 2.24) is 0 Å². The third-order valence-electron chi connectivity index (χ3n) is 5.19. The molecule has 1 heterocycles. The number of rotatable bonds is 13. The highest BCUT2D eigenvalue weighted by atomic mass is 16.6. The lowest BCUT2D eigenvalue weighted by atomic mass is 9.96. The van der Waals surface area contributed by atoms with Crippen molar-refractivity contribution in [1.29, 1.82) is 0 Å². The van der Waals surface area contributed by atoms with E-state index in [2.05, 4.69) is 50.7 Å². The summed E-state index contributed by atoms with van der Waals surface area (Å²) in [6.45, 7) is 8.51. The van der Waals surface area contributed by atoms with E-state index in [1.54, 1.807) is 6.08 Å². The molecule has 2 atom stereocenters. The van der Waals surface area contributed by atoms with E-state index in [4.69, 9.17) is 0 Å². The number of ether oxygens (including phenoxy) is 1. The van der Waals surface area contributed by atoms with Gasteiger partial charge in [0.1, 0.15) is 6.29 Å². The Balaban J connectivity index is 2.37. The number of carbonyl (C=O) groups excluding carboxylic acids is 3. The number of aldehydes is 1. The van der Waals surface area contributed by atoms with Crippen LogP contribution in [0.3, 0.4) is 0 Å². The van der Waals surface area contributed by atoms with Crippen LogP contribution < -0.4 is 0 Å². The highest BCUT2D eigenvalue weighted by Gasteiger charge is 2.38. The lowest BCUT2D eigenvalue weighted by molar-refractivity contribution is -0.154. The van der Waals surface area contributed by atoms with Crippen molar-refractivity contribution in [3.63, 3.8) is 0 Å². The van der Waals surface area contributed by atoms with Gasteiger partial charge in [-0.3, -0.25) is 14.4 Å². The Morgan fingerprint density at radius 3 is 2.03 bits per heavy atom. The number of aliphatic hydroxyl groups excluding tert-OH is 1. The molecule has 0 spiro atoms. The predicted molar refractivity (Wildman–Crippen MR) is 119 cm³/mol. The molecule has 0 aromatic rings. The van der Waals surface area contributed by atoms with Gasteiger partial charge < -0.3 is 9.84 Å². The maximum absolute atomic E-state index is 11.5. The van der Waals surface area contributed by atoms with Crippen molar-refractivity contribution in [2.45, 2.75) is 85.2 Å². The Morgan fingerprint density at radius 2 is 1.53 bits per heavy atom. The van der Waals surface area contributed by atoms with Gasteiger partial charge in [-0.25, -0.2) is 0 Å². The van der Waals surface area contributed by atoms with Gasteiger partial charge >= 0.3 is 11.9 Å². The Labute approximate surface area is 180 Å². The van der Waals surface area contributed by atoms with Crippen LogP contribution in [0.1, 0.15) is 79.1 Å². The minimum atomic E-state index is -1.01. The van der Waals surface area contributed by atoms with Crippen LogP contribution in [0.5, 0.6) is 0 Å². The molecule has 0 unspecified atom stereocenters. The van der Waals surface area contributed by atoms with Crippen molar-refractivity contribution in [2.75, 3.05) is 0 Å². The Kier molecular flexibility index (Phi) is 11.9. The molecule has 0 aromatic carbocycles. The molecule has 1 N–H and O–H groups in total. The second-order valence-corrected chi connectivity index (χ2v) is 8.30. The minimum Gasteiger partial charge on any atom is -0.393 e. The van der Waals surface area contributed by atoms with Crippen LogP contribution in [0.2, 0.25) is 0 Å². The van der Waals surface area contributed by atoms with Crippen molar-refractivity contribution in [3.8, 4) is 0 Å². The van der Waals surface area contributed by atoms with E-state index in [0.717, 1.165) is 38.4 Å². The zero-order valence-corrected chi connectivity index (χ0v) is 18.8. The van der Waals surface area contributed by atoms with Crippen LogP contribution in [0, 0.1) is 5.92 Å². The monoisotopic (exact) mass is 416 g/mol. The van der Waals surface area contributed by atoms with Gasteiger partial charge in [-0.15, -0.1) is 0 Å². The fourth-order valence-corrected chi connectivity index (χ4v) is 3.26. The molecule has 166 valence electrons. The lowest BCUT2D eigenvalue weighted by Crippen LogP contribution is -2.23. The SMILES string of the molecule is CC(C)=CCCC(C)=CCCC(C)=CCCC(C=O)=CC[C@@H](O)[C@@H]1CC(=O)OC1=O. The van der Waals surface area contributed by atoms with Crippen LogP contribution in [-0.2, 0) is 19.1 Å². The summed E-state index contributed by atoms with van der Waals surface area (Å²) in [5.41, 5.74) is 4.65. The van der Waals surface area contributed by atoms with E-state index < -0.39 is 24.0 Å². The third-order valence-corrected chi connectivity index (χ3v) is 5.19. The normalized spacial score (nSPS) is 19.0. The van der Waals surface area contributed by atoms with Crippen LogP contribution in [-0.4, -0.2) is 29.4 Å². The first-order chi connectivity index (χ1) is 14.2. The van der Waals surface area contributed by atoms with Crippen molar-refractivity contribution in [2.24, 2.45) is 5.92 Å². The molecule has 1 saturated heterocycles. The van der Waals surface area contributed by atoms with E-state index in [9.17, 15) is 19.5 Å². The Hall–Kier alpha value is -2.27. The number of esters is 2. The molecular formula is C25H36O5. The molecule has 0 amide bonds. The van der Waals surface area contributed by atoms with Crippen LogP contribution >= 0.6 is 0 Å². The van der Waals surface area contributed by atoms with E-state index in [1.807, 2.05) is 0 Å². The standard InChI is InChI=1S/C25H36O5/c1-18(2)8-5-9-19(3)10-6-11-20(4)12-7-13-21(17-26)14-15-23(27)22-16-24(28)30-25(22)29/h8,10,12,14,17,22-23,27H,5-7,9,11,13,15-16H2,1-4H3/t22-,23+/m0/s1. The first-order valence-electron chi connectivity index (χ1n) is 10.7. The van der Waals surface area contributed by atoms with Crippen molar-refractivity contribution >= 4 is 18.2 Å². The molecule has 30 heavy (non-hydrogen) atoms. The lowest BCUT2D eigenvalue weighted by Gasteiger charge is -2.11. The molecule has 1 aliphatic heterocycles. The smallest absolute Gasteiger partial charge is 0.319 e. The molecule has 0 bridgehead atoms. The highest BCUT2D eigenvalue weighted by Crippen LogP contribution is 2.22. The molecule has 5 nitrogen and oxygen atoms in total. The van der Waals surface area contributed by atoms with Gasteiger partial charge in [0, 0.05) is 0 Å². The summed E-state index contributed by atoms with van der Waals surface area (Å²) >= 11 is 0. The van der Waals surface area contributed by atoms with Gasteiger partial charge in [-0.2, -0.15) is 0 Å². The molecule has 1 fully saturated rings. The maximum atomic E-state index is 11.5. The first-order valence-corrected chi connectivity index (χ1v) is 10.7. The fraction of sp³-hybridized carbons (Fsp3) is 0.560. The highest BCUT2D eigenvalue weighted by molar-refractivity contribution is 5.94. The predicted octanol–water partition coefficient (Wildman–Crippen LogP) is 5.15. The molecular weight excluding hydrogens is 380 g/mol. The summed E-state index contributed by atoms with van der Waals surface area (Å²) in [5, 5.41) is 10.1.